The fourth-order valence-corrected chi connectivity index (χ4v) is 2.50. The number of hydrogen-bond donors (Lipinski definition) is 0. The van der Waals surface area contributed by atoms with E-state index in [0.717, 1.165) is 23.1 Å². The van der Waals surface area contributed by atoms with E-state index in [-0.39, 0.29) is 0 Å². The largest absolute Gasteiger partial charge is 0.236 e. The lowest BCUT2D eigenvalue weighted by Crippen LogP contribution is -1.95. The van der Waals surface area contributed by atoms with Crippen LogP contribution < -0.4 is 0 Å². The number of benzene rings is 1. The molecule has 25 heavy (non-hydrogen) atoms. The van der Waals surface area contributed by atoms with Gasteiger partial charge in [-0.1, -0.05) is 19.8 Å². The van der Waals surface area contributed by atoms with Crippen LogP contribution in [0.4, 0.5) is 0 Å². The summed E-state index contributed by atoms with van der Waals surface area (Å²) in [6.45, 7) is 2.20. The first-order valence-corrected chi connectivity index (χ1v) is 8.44. The molecule has 5 nitrogen and oxygen atoms in total. The Labute approximate surface area is 147 Å². The van der Waals surface area contributed by atoms with E-state index in [1.165, 1.54) is 19.3 Å². The topological polar surface area (TPSA) is 75.3 Å². The first-order chi connectivity index (χ1) is 12.3. The van der Waals surface area contributed by atoms with E-state index in [4.69, 9.17) is 5.26 Å². The summed E-state index contributed by atoms with van der Waals surface area (Å²) in [4.78, 5) is 17.6. The molecule has 0 aliphatic rings. The second kappa shape index (κ2) is 8.11. The zero-order valence-corrected chi connectivity index (χ0v) is 14.2. The van der Waals surface area contributed by atoms with Crippen molar-refractivity contribution >= 4 is 0 Å². The molecule has 0 saturated carbocycles. The Hall–Kier alpha value is -3.13. The molecule has 0 saturated heterocycles. The van der Waals surface area contributed by atoms with Crippen LogP contribution in [0, 0.1) is 11.3 Å². The molecule has 2 heterocycles. The fourth-order valence-electron chi connectivity index (χ4n) is 2.50. The van der Waals surface area contributed by atoms with Gasteiger partial charge in [0.05, 0.1) is 17.2 Å². The predicted molar refractivity (Wildman–Crippen MR) is 96.4 cm³/mol. The van der Waals surface area contributed by atoms with Crippen LogP contribution in [0.15, 0.2) is 49.1 Å². The third-order valence-electron chi connectivity index (χ3n) is 3.96. The van der Waals surface area contributed by atoms with Gasteiger partial charge in [0.1, 0.15) is 0 Å². The first-order valence-electron chi connectivity index (χ1n) is 8.44. The molecule has 0 fully saturated rings. The zero-order valence-electron chi connectivity index (χ0n) is 14.2. The summed E-state index contributed by atoms with van der Waals surface area (Å²) in [6, 6.07) is 9.30. The number of rotatable bonds is 6. The molecular formula is C20H19N5. The van der Waals surface area contributed by atoms with Crippen LogP contribution >= 0.6 is 0 Å². The van der Waals surface area contributed by atoms with E-state index >= 15 is 0 Å². The Kier molecular flexibility index (Phi) is 5.43. The van der Waals surface area contributed by atoms with Crippen molar-refractivity contribution in [2.24, 2.45) is 0 Å². The Morgan fingerprint density at radius 2 is 1.40 bits per heavy atom. The van der Waals surface area contributed by atoms with Crippen LogP contribution in [-0.4, -0.2) is 19.9 Å². The molecule has 1 aromatic carbocycles. The molecule has 0 radical (unpaired) electrons. The number of hydrogen-bond acceptors (Lipinski definition) is 5. The van der Waals surface area contributed by atoms with Crippen LogP contribution in [0.5, 0.6) is 0 Å². The summed E-state index contributed by atoms with van der Waals surface area (Å²) < 4.78 is 0. The van der Waals surface area contributed by atoms with Crippen molar-refractivity contribution in [3.8, 4) is 28.8 Å². The van der Waals surface area contributed by atoms with Gasteiger partial charge in [0.15, 0.2) is 11.6 Å². The van der Waals surface area contributed by atoms with Crippen LogP contribution in [0.3, 0.4) is 0 Å². The van der Waals surface area contributed by atoms with Gasteiger partial charge < -0.3 is 0 Å². The molecule has 0 spiro atoms. The van der Waals surface area contributed by atoms with Crippen LogP contribution in [0.2, 0.25) is 0 Å². The van der Waals surface area contributed by atoms with Crippen molar-refractivity contribution < 1.29 is 0 Å². The van der Waals surface area contributed by atoms with E-state index in [1.54, 1.807) is 24.5 Å². The van der Waals surface area contributed by atoms with Gasteiger partial charge in [0.2, 0.25) is 0 Å². The van der Waals surface area contributed by atoms with Crippen LogP contribution in [0.25, 0.3) is 22.8 Å². The highest BCUT2D eigenvalue weighted by molar-refractivity contribution is 5.59. The maximum atomic E-state index is 8.85. The minimum absolute atomic E-state index is 0.615. The second-order valence-corrected chi connectivity index (χ2v) is 5.86. The van der Waals surface area contributed by atoms with Crippen molar-refractivity contribution in [3.05, 3.63) is 60.2 Å². The van der Waals surface area contributed by atoms with Gasteiger partial charge in [0, 0.05) is 30.4 Å². The van der Waals surface area contributed by atoms with E-state index in [9.17, 15) is 0 Å². The quantitative estimate of drug-likeness (QED) is 0.633. The van der Waals surface area contributed by atoms with Gasteiger partial charge in [-0.3, -0.25) is 0 Å². The lowest BCUT2D eigenvalue weighted by molar-refractivity contribution is 0.714. The molecule has 0 aliphatic heterocycles. The third-order valence-corrected chi connectivity index (χ3v) is 3.96. The van der Waals surface area contributed by atoms with Crippen molar-refractivity contribution in [1.29, 1.82) is 5.26 Å². The number of unbranched alkanes of at least 4 members (excludes halogenated alkanes) is 2. The third kappa shape index (κ3) is 4.24. The number of aromatic nitrogens is 4. The van der Waals surface area contributed by atoms with Crippen molar-refractivity contribution in [2.75, 3.05) is 0 Å². The van der Waals surface area contributed by atoms with Gasteiger partial charge in [-0.2, -0.15) is 5.26 Å². The minimum Gasteiger partial charge on any atom is -0.236 e. The van der Waals surface area contributed by atoms with Gasteiger partial charge >= 0.3 is 0 Å². The zero-order chi connectivity index (χ0) is 17.5. The van der Waals surface area contributed by atoms with Gasteiger partial charge in [-0.25, -0.2) is 19.9 Å². The Morgan fingerprint density at radius 3 is 2.00 bits per heavy atom. The molecule has 0 N–H and O–H groups in total. The Balaban J connectivity index is 1.72. The van der Waals surface area contributed by atoms with E-state index in [2.05, 4.69) is 32.9 Å². The van der Waals surface area contributed by atoms with Gasteiger partial charge in [0.25, 0.3) is 0 Å². The highest BCUT2D eigenvalue weighted by Crippen LogP contribution is 2.18. The predicted octanol–water partition coefficient (Wildman–Crippen LogP) is 4.20. The normalized spacial score (nSPS) is 10.4. The van der Waals surface area contributed by atoms with E-state index in [1.807, 2.05) is 24.5 Å². The first kappa shape index (κ1) is 16.7. The summed E-state index contributed by atoms with van der Waals surface area (Å²) >= 11 is 0. The lowest BCUT2D eigenvalue weighted by atomic mass is 10.1. The Morgan fingerprint density at radius 1 is 0.800 bits per heavy atom. The van der Waals surface area contributed by atoms with Crippen molar-refractivity contribution in [3.63, 3.8) is 0 Å². The molecule has 0 atom stereocenters. The summed E-state index contributed by atoms with van der Waals surface area (Å²) in [5.41, 5.74) is 3.44. The summed E-state index contributed by atoms with van der Waals surface area (Å²) in [6.07, 6.45) is 11.8. The Bertz CT molecular complexity index is 847. The van der Waals surface area contributed by atoms with Crippen LogP contribution in [0.1, 0.15) is 37.3 Å². The van der Waals surface area contributed by atoms with E-state index < -0.39 is 0 Å². The molecule has 3 rings (SSSR count). The minimum atomic E-state index is 0.615. The molecule has 124 valence electrons. The summed E-state index contributed by atoms with van der Waals surface area (Å²) in [7, 11) is 0. The molecule has 0 unspecified atom stereocenters. The number of nitrogens with zero attached hydrogens (tertiary/aromatic N) is 5. The average Bonchev–Trinajstić information content (AvgIpc) is 2.69. The standard InChI is InChI=1S/C20H19N5/c1-2-3-4-5-16-11-22-20(23-12-16)18-13-24-19(25-14-18)17-8-6-15(10-21)7-9-17/h6-9,11-14H,2-5H2,1H3. The smallest absolute Gasteiger partial charge is 0.162 e. The van der Waals surface area contributed by atoms with Gasteiger partial charge in [-0.05, 0) is 42.7 Å². The van der Waals surface area contributed by atoms with Crippen LogP contribution in [-0.2, 0) is 6.42 Å². The monoisotopic (exact) mass is 329 g/mol. The summed E-state index contributed by atoms with van der Waals surface area (Å²) in [5, 5.41) is 8.85. The number of nitriles is 1. The maximum absolute atomic E-state index is 8.85. The maximum Gasteiger partial charge on any atom is 0.162 e. The fraction of sp³-hybridized carbons (Fsp3) is 0.250. The molecule has 0 amide bonds. The molecule has 0 aliphatic carbocycles. The highest BCUT2D eigenvalue weighted by atomic mass is 14.9. The molecule has 2 aromatic heterocycles. The summed E-state index contributed by atoms with van der Waals surface area (Å²) in [5.74, 6) is 1.25. The number of aryl methyl sites for hydroxylation is 1. The molecule has 5 heteroatoms. The van der Waals surface area contributed by atoms with Gasteiger partial charge in [-0.15, -0.1) is 0 Å². The van der Waals surface area contributed by atoms with Crippen molar-refractivity contribution in [2.45, 2.75) is 32.6 Å². The molecule has 0 bridgehead atoms. The second-order valence-electron chi connectivity index (χ2n) is 5.86. The average molecular weight is 329 g/mol. The molecular weight excluding hydrogens is 310 g/mol. The van der Waals surface area contributed by atoms with E-state index in [0.29, 0.717) is 17.2 Å². The van der Waals surface area contributed by atoms with Crippen molar-refractivity contribution in [1.82, 2.24) is 19.9 Å². The SMILES string of the molecule is CCCCCc1cnc(-c2cnc(-c3ccc(C#N)cc3)nc2)nc1. The molecule has 3 aromatic rings. The highest BCUT2D eigenvalue weighted by Gasteiger charge is 2.06. The lowest BCUT2D eigenvalue weighted by Gasteiger charge is -2.04.